The molecular weight excluding hydrogens is 152 g/mol. The van der Waals surface area contributed by atoms with Crippen molar-refractivity contribution in [2.75, 3.05) is 0 Å². The second-order valence-corrected chi connectivity index (χ2v) is 3.85. The Hall–Kier alpha value is -1.18. The number of aromatic hydroxyl groups is 2. The van der Waals surface area contributed by atoms with E-state index in [9.17, 15) is 10.2 Å². The van der Waals surface area contributed by atoms with Crippen LogP contribution in [0.5, 0.6) is 11.5 Å². The molecule has 12 heavy (non-hydrogen) atoms. The number of phenols is 2. The van der Waals surface area contributed by atoms with E-state index in [0.29, 0.717) is 5.56 Å². The lowest BCUT2D eigenvalue weighted by Crippen LogP contribution is -2.11. The fraction of sp³-hybridized carbons (Fsp3) is 0.400. The molecule has 0 spiro atoms. The second-order valence-electron chi connectivity index (χ2n) is 3.85. The molecule has 0 aliphatic heterocycles. The predicted octanol–water partition coefficient (Wildman–Crippen LogP) is 2.20. The van der Waals surface area contributed by atoms with E-state index in [2.05, 4.69) is 6.07 Å². The molecule has 0 heterocycles. The van der Waals surface area contributed by atoms with Gasteiger partial charge in [0.1, 0.15) is 11.5 Å². The van der Waals surface area contributed by atoms with Gasteiger partial charge >= 0.3 is 0 Å². The summed E-state index contributed by atoms with van der Waals surface area (Å²) >= 11 is 0. The number of rotatable bonds is 0. The first-order valence-electron chi connectivity index (χ1n) is 3.85. The Balaban J connectivity index is 3.31. The third-order valence-corrected chi connectivity index (χ3v) is 1.70. The first-order valence-corrected chi connectivity index (χ1v) is 3.85. The van der Waals surface area contributed by atoms with Crippen molar-refractivity contribution in [1.29, 1.82) is 0 Å². The van der Waals surface area contributed by atoms with Crippen LogP contribution >= 0.6 is 0 Å². The summed E-state index contributed by atoms with van der Waals surface area (Å²) in [4.78, 5) is 0. The molecule has 1 aromatic rings. The number of hydrogen-bond acceptors (Lipinski definition) is 2. The molecule has 2 N–H and O–H groups in total. The van der Waals surface area contributed by atoms with Gasteiger partial charge < -0.3 is 10.2 Å². The molecule has 1 aromatic carbocycles. The predicted molar refractivity (Wildman–Crippen MR) is 47.3 cm³/mol. The molecule has 0 atom stereocenters. The Bertz CT molecular complexity index is 264. The van der Waals surface area contributed by atoms with E-state index in [-0.39, 0.29) is 16.9 Å². The zero-order valence-electron chi connectivity index (χ0n) is 7.55. The fourth-order valence-electron chi connectivity index (χ4n) is 1.24. The summed E-state index contributed by atoms with van der Waals surface area (Å²) < 4.78 is 0. The van der Waals surface area contributed by atoms with Gasteiger partial charge in [0.05, 0.1) is 0 Å². The van der Waals surface area contributed by atoms with E-state index in [1.165, 1.54) is 12.1 Å². The van der Waals surface area contributed by atoms with E-state index in [1.54, 1.807) is 0 Å². The Labute approximate surface area is 72.5 Å². The van der Waals surface area contributed by atoms with Crippen molar-refractivity contribution in [3.63, 3.8) is 0 Å². The van der Waals surface area contributed by atoms with Gasteiger partial charge in [-0.25, -0.2) is 0 Å². The molecule has 0 aliphatic carbocycles. The summed E-state index contributed by atoms with van der Waals surface area (Å²) in [6.45, 7) is 5.80. The van der Waals surface area contributed by atoms with Gasteiger partial charge in [-0.2, -0.15) is 0 Å². The van der Waals surface area contributed by atoms with Gasteiger partial charge in [-0.05, 0) is 23.6 Å². The van der Waals surface area contributed by atoms with Crippen LogP contribution in [0.25, 0.3) is 0 Å². The SMILES string of the molecule is CC(C)(C)c1c(O)c[c]cc1O. The average Bonchev–Trinajstić information content (AvgIpc) is 1.82. The summed E-state index contributed by atoms with van der Waals surface area (Å²) in [5.41, 5.74) is 0.324. The minimum Gasteiger partial charge on any atom is -0.507 e. The molecule has 0 fully saturated rings. The van der Waals surface area contributed by atoms with Gasteiger partial charge in [0.15, 0.2) is 0 Å². The van der Waals surface area contributed by atoms with Crippen LogP contribution in [-0.2, 0) is 5.41 Å². The van der Waals surface area contributed by atoms with Crippen molar-refractivity contribution in [3.8, 4) is 11.5 Å². The van der Waals surface area contributed by atoms with E-state index in [4.69, 9.17) is 0 Å². The summed E-state index contributed by atoms with van der Waals surface area (Å²) in [6, 6.07) is 5.56. The van der Waals surface area contributed by atoms with Crippen molar-refractivity contribution < 1.29 is 10.2 Å². The van der Waals surface area contributed by atoms with Crippen molar-refractivity contribution in [2.45, 2.75) is 26.2 Å². The normalized spacial score (nSPS) is 11.6. The van der Waals surface area contributed by atoms with Gasteiger partial charge in [-0.1, -0.05) is 20.8 Å². The molecule has 0 unspecified atom stereocenters. The Morgan fingerprint density at radius 2 is 1.50 bits per heavy atom. The minimum atomic E-state index is -0.247. The summed E-state index contributed by atoms with van der Waals surface area (Å²) in [7, 11) is 0. The molecular formula is C10H13O2. The lowest BCUT2D eigenvalue weighted by Gasteiger charge is -2.21. The molecule has 0 amide bonds. The van der Waals surface area contributed by atoms with Crippen LogP contribution < -0.4 is 0 Å². The molecule has 0 bridgehead atoms. The highest BCUT2D eigenvalue weighted by Gasteiger charge is 2.21. The molecule has 1 radical (unpaired) electrons. The van der Waals surface area contributed by atoms with Crippen LogP contribution in [0.1, 0.15) is 26.3 Å². The second kappa shape index (κ2) is 2.70. The minimum absolute atomic E-state index is 0.0995. The van der Waals surface area contributed by atoms with Crippen LogP contribution in [0.3, 0.4) is 0 Å². The molecule has 0 saturated heterocycles. The van der Waals surface area contributed by atoms with Crippen LogP contribution in [0.15, 0.2) is 12.1 Å². The first kappa shape index (κ1) is 8.91. The molecule has 0 aromatic heterocycles. The van der Waals surface area contributed by atoms with Crippen molar-refractivity contribution in [2.24, 2.45) is 0 Å². The van der Waals surface area contributed by atoms with Crippen LogP contribution in [0, 0.1) is 6.07 Å². The number of phenolic OH excluding ortho intramolecular Hbond substituents is 2. The molecule has 2 nitrogen and oxygen atoms in total. The molecule has 0 aliphatic rings. The van der Waals surface area contributed by atoms with E-state index in [0.717, 1.165) is 0 Å². The largest absolute Gasteiger partial charge is 0.507 e. The zero-order chi connectivity index (χ0) is 9.35. The molecule has 2 heteroatoms. The van der Waals surface area contributed by atoms with Crippen molar-refractivity contribution >= 4 is 0 Å². The summed E-state index contributed by atoms with van der Waals surface area (Å²) in [6.07, 6.45) is 0. The van der Waals surface area contributed by atoms with Gasteiger partial charge in [-0.3, -0.25) is 0 Å². The maximum atomic E-state index is 9.44. The standard InChI is InChI=1S/C10H13O2/c1-10(2,3)9-7(11)5-4-6-8(9)12/h5-6,11-12H,1-3H3. The van der Waals surface area contributed by atoms with E-state index < -0.39 is 0 Å². The third kappa shape index (κ3) is 1.52. The molecule has 0 saturated carbocycles. The Kier molecular flexibility index (Phi) is 2.01. The lowest BCUT2D eigenvalue weighted by molar-refractivity contribution is 0.410. The van der Waals surface area contributed by atoms with Crippen LogP contribution in [-0.4, -0.2) is 10.2 Å². The highest BCUT2D eigenvalue weighted by Crippen LogP contribution is 2.36. The van der Waals surface area contributed by atoms with E-state index >= 15 is 0 Å². The maximum absolute atomic E-state index is 9.44. The maximum Gasteiger partial charge on any atom is 0.123 e. The van der Waals surface area contributed by atoms with Crippen molar-refractivity contribution in [1.82, 2.24) is 0 Å². The Morgan fingerprint density at radius 3 is 1.75 bits per heavy atom. The lowest BCUT2D eigenvalue weighted by atomic mass is 9.85. The third-order valence-electron chi connectivity index (χ3n) is 1.70. The molecule has 1 rings (SSSR count). The smallest absolute Gasteiger partial charge is 0.123 e. The van der Waals surface area contributed by atoms with E-state index in [1.807, 2.05) is 20.8 Å². The van der Waals surface area contributed by atoms with Gasteiger partial charge in [0, 0.05) is 5.56 Å². The topological polar surface area (TPSA) is 40.5 Å². The monoisotopic (exact) mass is 165 g/mol. The molecule has 65 valence electrons. The van der Waals surface area contributed by atoms with Gasteiger partial charge in [0.2, 0.25) is 0 Å². The summed E-state index contributed by atoms with van der Waals surface area (Å²) in [5, 5.41) is 18.9. The average molecular weight is 165 g/mol. The number of hydrogen-bond donors (Lipinski definition) is 2. The highest BCUT2D eigenvalue weighted by molar-refractivity contribution is 5.46. The Morgan fingerprint density at radius 1 is 1.08 bits per heavy atom. The zero-order valence-corrected chi connectivity index (χ0v) is 7.55. The van der Waals surface area contributed by atoms with Gasteiger partial charge in [-0.15, -0.1) is 0 Å². The van der Waals surface area contributed by atoms with Crippen LogP contribution in [0.4, 0.5) is 0 Å². The van der Waals surface area contributed by atoms with Crippen LogP contribution in [0.2, 0.25) is 0 Å². The number of benzene rings is 1. The fourth-order valence-corrected chi connectivity index (χ4v) is 1.24. The first-order chi connectivity index (χ1) is 5.43. The van der Waals surface area contributed by atoms with Gasteiger partial charge in [0.25, 0.3) is 0 Å². The summed E-state index contributed by atoms with van der Waals surface area (Å²) in [5.74, 6) is 0.199. The quantitative estimate of drug-likeness (QED) is 0.618. The van der Waals surface area contributed by atoms with Crippen molar-refractivity contribution in [3.05, 3.63) is 23.8 Å². The highest BCUT2D eigenvalue weighted by atomic mass is 16.3.